The summed E-state index contributed by atoms with van der Waals surface area (Å²) in [6.45, 7) is 13.8. The van der Waals surface area contributed by atoms with E-state index in [2.05, 4.69) is 41.5 Å². The molecule has 0 radical (unpaired) electrons. The molecule has 0 aromatic rings. The van der Waals surface area contributed by atoms with Crippen LogP contribution in [0.2, 0.25) is 0 Å². The van der Waals surface area contributed by atoms with E-state index in [1.54, 1.807) is 0 Å². The van der Waals surface area contributed by atoms with Crippen LogP contribution in [0.5, 0.6) is 0 Å². The van der Waals surface area contributed by atoms with Crippen molar-refractivity contribution in [2.75, 3.05) is 13.2 Å². The monoisotopic (exact) mass is 877 g/mol. The third-order valence-corrected chi connectivity index (χ3v) is 13.0. The lowest BCUT2D eigenvalue weighted by Gasteiger charge is -2.18. The SMILES string of the molecule is CCC(C)CCCCCCCCCCC(=O)OC[C@@H](COC(=O)CCCCCCCCCCCCCCCC(C)C)OC(=O)CCCCCCCCCCCCCCCC(C)C. The molecule has 0 heterocycles. The van der Waals surface area contributed by atoms with Crippen LogP contribution in [0.3, 0.4) is 0 Å². The van der Waals surface area contributed by atoms with Gasteiger partial charge in [-0.3, -0.25) is 14.4 Å². The minimum atomic E-state index is -0.763. The minimum Gasteiger partial charge on any atom is -0.462 e. The van der Waals surface area contributed by atoms with Gasteiger partial charge in [-0.25, -0.2) is 0 Å². The minimum absolute atomic E-state index is 0.0642. The van der Waals surface area contributed by atoms with Gasteiger partial charge in [0, 0.05) is 19.3 Å². The summed E-state index contributed by atoms with van der Waals surface area (Å²) in [5.74, 6) is 1.68. The molecule has 0 aliphatic rings. The second-order valence-electron chi connectivity index (χ2n) is 20.4. The van der Waals surface area contributed by atoms with E-state index < -0.39 is 6.10 Å². The number of hydrogen-bond donors (Lipinski definition) is 0. The van der Waals surface area contributed by atoms with Crippen LogP contribution in [-0.2, 0) is 28.6 Å². The Bertz CT molecular complexity index is 962. The number of hydrogen-bond acceptors (Lipinski definition) is 6. The van der Waals surface area contributed by atoms with Crippen molar-refractivity contribution in [1.82, 2.24) is 0 Å². The number of rotatable bonds is 49. The highest BCUT2D eigenvalue weighted by Crippen LogP contribution is 2.18. The van der Waals surface area contributed by atoms with Crippen molar-refractivity contribution in [3.05, 3.63) is 0 Å². The van der Waals surface area contributed by atoms with Crippen molar-refractivity contribution in [2.45, 2.75) is 311 Å². The van der Waals surface area contributed by atoms with Crippen molar-refractivity contribution < 1.29 is 28.6 Å². The van der Waals surface area contributed by atoms with Crippen LogP contribution in [0.15, 0.2) is 0 Å². The summed E-state index contributed by atoms with van der Waals surface area (Å²) < 4.78 is 16.9. The van der Waals surface area contributed by atoms with E-state index >= 15 is 0 Å². The molecule has 0 saturated heterocycles. The Labute approximate surface area is 387 Å². The Balaban J connectivity index is 4.31. The van der Waals surface area contributed by atoms with Crippen LogP contribution in [0.4, 0.5) is 0 Å². The molecular weight excluding hydrogens is 769 g/mol. The highest BCUT2D eigenvalue weighted by Gasteiger charge is 2.19. The van der Waals surface area contributed by atoms with Crippen LogP contribution in [0.25, 0.3) is 0 Å². The number of carbonyl (C=O) groups excluding carboxylic acids is 3. The van der Waals surface area contributed by atoms with Crippen molar-refractivity contribution in [3.8, 4) is 0 Å². The molecule has 62 heavy (non-hydrogen) atoms. The van der Waals surface area contributed by atoms with Crippen LogP contribution < -0.4 is 0 Å². The molecule has 1 unspecified atom stereocenters. The second kappa shape index (κ2) is 47.4. The molecule has 0 aromatic heterocycles. The van der Waals surface area contributed by atoms with E-state index in [0.717, 1.165) is 75.5 Å². The number of ether oxygens (including phenoxy) is 3. The van der Waals surface area contributed by atoms with Crippen molar-refractivity contribution >= 4 is 17.9 Å². The summed E-state index contributed by atoms with van der Waals surface area (Å²) in [7, 11) is 0. The third kappa shape index (κ3) is 47.9. The predicted octanol–water partition coefficient (Wildman–Crippen LogP) is 17.9. The van der Waals surface area contributed by atoms with Gasteiger partial charge in [0.2, 0.25) is 0 Å². The maximum atomic E-state index is 12.8. The first kappa shape index (κ1) is 60.4. The van der Waals surface area contributed by atoms with Gasteiger partial charge < -0.3 is 14.2 Å². The molecule has 2 atom stereocenters. The Morgan fingerprint density at radius 2 is 0.565 bits per heavy atom. The standard InChI is InChI=1S/C56H108O6/c1-7-52(6)44-38-32-26-22-23-28-34-40-46-55(58)61-49-53(62-56(59)47-41-35-29-21-17-13-9-11-15-19-25-31-37-43-51(4)5)48-60-54(57)45-39-33-27-20-16-12-8-10-14-18-24-30-36-42-50(2)3/h50-53H,7-49H2,1-6H3/t52?,53-/m1/s1. The van der Waals surface area contributed by atoms with E-state index in [1.807, 2.05) is 0 Å². The molecule has 0 spiro atoms. The predicted molar refractivity (Wildman–Crippen MR) is 266 cm³/mol. The Morgan fingerprint density at radius 1 is 0.323 bits per heavy atom. The van der Waals surface area contributed by atoms with Crippen LogP contribution >= 0.6 is 0 Å². The summed E-state index contributed by atoms with van der Waals surface area (Å²) in [5.41, 5.74) is 0. The maximum Gasteiger partial charge on any atom is 0.306 e. The molecule has 6 nitrogen and oxygen atoms in total. The fraction of sp³-hybridized carbons (Fsp3) is 0.946. The second-order valence-corrected chi connectivity index (χ2v) is 20.4. The van der Waals surface area contributed by atoms with E-state index in [9.17, 15) is 14.4 Å². The Hall–Kier alpha value is -1.59. The molecule has 0 aliphatic heterocycles. The fourth-order valence-corrected chi connectivity index (χ4v) is 8.44. The topological polar surface area (TPSA) is 78.9 Å². The van der Waals surface area contributed by atoms with Gasteiger partial charge >= 0.3 is 17.9 Å². The highest BCUT2D eigenvalue weighted by atomic mass is 16.6. The average molecular weight is 877 g/mol. The molecule has 0 N–H and O–H groups in total. The fourth-order valence-electron chi connectivity index (χ4n) is 8.44. The highest BCUT2D eigenvalue weighted by molar-refractivity contribution is 5.71. The number of carbonyl (C=O) groups is 3. The molecule has 0 saturated carbocycles. The third-order valence-electron chi connectivity index (χ3n) is 13.0. The van der Waals surface area contributed by atoms with Gasteiger partial charge in [-0.15, -0.1) is 0 Å². The zero-order valence-corrected chi connectivity index (χ0v) is 42.7. The van der Waals surface area contributed by atoms with Crippen LogP contribution in [0, 0.1) is 17.8 Å². The lowest BCUT2D eigenvalue weighted by molar-refractivity contribution is -0.167. The molecule has 368 valence electrons. The molecule has 0 bridgehead atoms. The van der Waals surface area contributed by atoms with E-state index in [1.165, 1.54) is 186 Å². The van der Waals surface area contributed by atoms with E-state index in [-0.39, 0.29) is 31.1 Å². The Morgan fingerprint density at radius 3 is 0.839 bits per heavy atom. The van der Waals surface area contributed by atoms with Crippen molar-refractivity contribution in [3.63, 3.8) is 0 Å². The zero-order chi connectivity index (χ0) is 45.6. The smallest absolute Gasteiger partial charge is 0.306 e. The van der Waals surface area contributed by atoms with Gasteiger partial charge in [-0.1, -0.05) is 266 Å². The summed E-state index contributed by atoms with van der Waals surface area (Å²) in [5, 5.41) is 0. The molecular formula is C56H108O6. The van der Waals surface area contributed by atoms with Gasteiger partial charge in [0.05, 0.1) is 0 Å². The molecule has 6 heteroatoms. The van der Waals surface area contributed by atoms with E-state index in [4.69, 9.17) is 14.2 Å². The first-order chi connectivity index (χ1) is 30.1. The van der Waals surface area contributed by atoms with Crippen molar-refractivity contribution in [1.29, 1.82) is 0 Å². The number of esters is 3. The summed E-state index contributed by atoms with van der Waals surface area (Å²) >= 11 is 0. The normalized spacial score (nSPS) is 12.6. The lowest BCUT2D eigenvalue weighted by Crippen LogP contribution is -2.30. The summed E-state index contributed by atoms with van der Waals surface area (Å²) in [6, 6.07) is 0. The summed E-state index contributed by atoms with van der Waals surface area (Å²) in [6.07, 6.45) is 48.0. The van der Waals surface area contributed by atoms with E-state index in [0.29, 0.717) is 19.3 Å². The van der Waals surface area contributed by atoms with Crippen LogP contribution in [-0.4, -0.2) is 37.2 Å². The van der Waals surface area contributed by atoms with Gasteiger partial charge in [-0.05, 0) is 37.0 Å². The van der Waals surface area contributed by atoms with Gasteiger partial charge in [0.1, 0.15) is 13.2 Å². The van der Waals surface area contributed by atoms with Crippen LogP contribution in [0.1, 0.15) is 305 Å². The van der Waals surface area contributed by atoms with Crippen molar-refractivity contribution in [2.24, 2.45) is 17.8 Å². The van der Waals surface area contributed by atoms with Gasteiger partial charge in [0.15, 0.2) is 6.10 Å². The molecule has 0 amide bonds. The van der Waals surface area contributed by atoms with Gasteiger partial charge in [0.25, 0.3) is 0 Å². The average Bonchev–Trinajstić information content (AvgIpc) is 3.24. The number of unbranched alkanes of at least 4 members (excludes halogenated alkanes) is 31. The molecule has 0 aliphatic carbocycles. The lowest BCUT2D eigenvalue weighted by atomic mass is 9.99. The molecule has 0 aromatic carbocycles. The molecule has 0 fully saturated rings. The first-order valence-corrected chi connectivity index (χ1v) is 27.6. The molecule has 0 rings (SSSR count). The first-order valence-electron chi connectivity index (χ1n) is 27.6. The Kier molecular flexibility index (Phi) is 46.2. The largest absolute Gasteiger partial charge is 0.462 e. The maximum absolute atomic E-state index is 12.8. The van der Waals surface area contributed by atoms with Gasteiger partial charge in [-0.2, -0.15) is 0 Å². The zero-order valence-electron chi connectivity index (χ0n) is 42.7. The quantitative estimate of drug-likeness (QED) is 0.0344. The summed E-state index contributed by atoms with van der Waals surface area (Å²) in [4.78, 5) is 38.1.